The number of carbonyl (C=O) groups excluding carboxylic acids is 3. The van der Waals surface area contributed by atoms with Crippen LogP contribution >= 0.6 is 11.6 Å². The lowest BCUT2D eigenvalue weighted by molar-refractivity contribution is -0.139. The minimum Gasteiger partial charge on any atom is -0.469 e. The van der Waals surface area contributed by atoms with Crippen molar-refractivity contribution in [2.45, 2.75) is 44.6 Å². The molecule has 3 heterocycles. The minimum atomic E-state index is -0.573. The largest absolute Gasteiger partial charge is 0.469 e. The number of benzene rings is 2. The molecular formula is C34H35ClN8O5. The molecular weight excluding hydrogens is 636 g/mol. The normalized spacial score (nSPS) is 16.9. The maximum absolute atomic E-state index is 13.5. The van der Waals surface area contributed by atoms with Gasteiger partial charge in [0.05, 0.1) is 36.5 Å². The lowest BCUT2D eigenvalue weighted by Gasteiger charge is -2.34. The Balaban J connectivity index is 1.26. The van der Waals surface area contributed by atoms with Gasteiger partial charge in [-0.2, -0.15) is 9.78 Å². The van der Waals surface area contributed by atoms with Crippen molar-refractivity contribution in [3.05, 3.63) is 93.1 Å². The second kappa shape index (κ2) is 14.7. The van der Waals surface area contributed by atoms with Crippen LogP contribution in [0.1, 0.15) is 55.0 Å². The number of piperidine rings is 1. The zero-order valence-corrected chi connectivity index (χ0v) is 27.1. The fraction of sp³-hybridized carbons (Fsp3) is 0.353. The fourth-order valence-electron chi connectivity index (χ4n) is 6.01. The van der Waals surface area contributed by atoms with E-state index in [1.54, 1.807) is 54.6 Å². The standard InChI is InChI=1S/C34H35ClN8O5/c1-48-32(45)16-21-4-6-23(7-5-21)27-18-29(38-39-33(27)46)28(15-22-3-2-14-42(19-22)34(47)24-8-9-24)37-31(44)13-10-25-17-26(35)11-12-30(25)43-20-36-40-41-43/h4-7,10-13,17-18,20,22,24,28H,2-3,8-9,14-16,19H2,1H3,(H,37,44)(H,39,46)/b13-10+/t22?,28-/m0/s1. The molecule has 1 unspecified atom stereocenters. The number of carbonyl (C=O) groups is 3. The number of methoxy groups -OCH3 is 1. The number of rotatable bonds is 11. The third-order valence-electron chi connectivity index (χ3n) is 8.66. The van der Waals surface area contributed by atoms with Crippen molar-refractivity contribution in [2.75, 3.05) is 20.2 Å². The second-order valence-electron chi connectivity index (χ2n) is 12.1. The molecule has 1 aliphatic carbocycles. The van der Waals surface area contributed by atoms with Crippen LogP contribution in [0, 0.1) is 11.8 Å². The van der Waals surface area contributed by atoms with Gasteiger partial charge >= 0.3 is 5.97 Å². The predicted molar refractivity (Wildman–Crippen MR) is 177 cm³/mol. The molecule has 1 aliphatic heterocycles. The van der Waals surface area contributed by atoms with Gasteiger partial charge in [-0.1, -0.05) is 35.9 Å². The zero-order chi connectivity index (χ0) is 33.6. The van der Waals surface area contributed by atoms with Crippen LogP contribution in [-0.4, -0.2) is 73.3 Å². The summed E-state index contributed by atoms with van der Waals surface area (Å²) >= 11 is 6.26. The lowest BCUT2D eigenvalue weighted by atomic mass is 9.89. The number of tetrazole rings is 1. The van der Waals surface area contributed by atoms with Crippen LogP contribution in [0.4, 0.5) is 0 Å². The highest BCUT2D eigenvalue weighted by Gasteiger charge is 2.36. The SMILES string of the molecule is COC(=O)Cc1ccc(-c2cc([C@H](CC3CCCN(C(=O)C4CC4)C3)NC(=O)/C=C/c3cc(Cl)ccc3-n3cnnn3)n[nH]c2=O)cc1. The van der Waals surface area contributed by atoms with Gasteiger partial charge < -0.3 is 15.0 Å². The summed E-state index contributed by atoms with van der Waals surface area (Å²) in [5.74, 6) is -0.280. The molecule has 48 heavy (non-hydrogen) atoms. The van der Waals surface area contributed by atoms with E-state index in [4.69, 9.17) is 16.3 Å². The van der Waals surface area contributed by atoms with Crippen molar-refractivity contribution >= 4 is 35.5 Å². The van der Waals surface area contributed by atoms with Crippen LogP contribution in [0.25, 0.3) is 22.9 Å². The number of aromatic amines is 1. The van der Waals surface area contributed by atoms with Gasteiger partial charge in [0.1, 0.15) is 6.33 Å². The van der Waals surface area contributed by atoms with Gasteiger partial charge in [0, 0.05) is 35.7 Å². The Morgan fingerprint density at radius 2 is 1.94 bits per heavy atom. The summed E-state index contributed by atoms with van der Waals surface area (Å²) in [4.78, 5) is 53.0. The summed E-state index contributed by atoms with van der Waals surface area (Å²) in [7, 11) is 1.33. The van der Waals surface area contributed by atoms with E-state index in [1.165, 1.54) is 24.2 Å². The van der Waals surface area contributed by atoms with E-state index in [0.29, 0.717) is 46.1 Å². The Morgan fingerprint density at radius 3 is 2.67 bits per heavy atom. The van der Waals surface area contributed by atoms with E-state index >= 15 is 0 Å². The van der Waals surface area contributed by atoms with Gasteiger partial charge in [0.15, 0.2) is 0 Å². The van der Waals surface area contributed by atoms with E-state index in [1.807, 2.05) is 4.90 Å². The molecule has 2 aliphatic rings. The van der Waals surface area contributed by atoms with Gasteiger partial charge in [-0.15, -0.1) is 5.10 Å². The molecule has 2 atom stereocenters. The number of nitrogens with one attached hydrogen (secondary N) is 2. The maximum atomic E-state index is 13.5. The van der Waals surface area contributed by atoms with Crippen LogP contribution < -0.4 is 10.9 Å². The summed E-state index contributed by atoms with van der Waals surface area (Å²) in [6.07, 6.45) is 8.77. The first-order chi connectivity index (χ1) is 23.3. The van der Waals surface area contributed by atoms with E-state index < -0.39 is 6.04 Å². The number of H-pyrrole nitrogens is 1. The Morgan fingerprint density at radius 1 is 1.12 bits per heavy atom. The quantitative estimate of drug-likeness (QED) is 0.179. The van der Waals surface area contributed by atoms with Gasteiger partial charge in [-0.3, -0.25) is 19.2 Å². The number of nitrogens with zero attached hydrogens (tertiary/aromatic N) is 6. The maximum Gasteiger partial charge on any atom is 0.309 e. The van der Waals surface area contributed by atoms with Crippen molar-refractivity contribution in [1.82, 2.24) is 40.6 Å². The van der Waals surface area contributed by atoms with Gasteiger partial charge in [0.2, 0.25) is 11.8 Å². The van der Waals surface area contributed by atoms with Crippen LogP contribution in [0.2, 0.25) is 5.02 Å². The zero-order valence-electron chi connectivity index (χ0n) is 26.3. The molecule has 2 aromatic carbocycles. The molecule has 6 rings (SSSR count). The highest BCUT2D eigenvalue weighted by atomic mass is 35.5. The average molecular weight is 671 g/mol. The van der Waals surface area contributed by atoms with Crippen LogP contribution in [-0.2, 0) is 25.5 Å². The molecule has 1 saturated carbocycles. The van der Waals surface area contributed by atoms with Gasteiger partial charge in [-0.25, -0.2) is 5.10 Å². The van der Waals surface area contributed by atoms with Crippen molar-refractivity contribution < 1.29 is 19.1 Å². The van der Waals surface area contributed by atoms with E-state index in [2.05, 4.69) is 31.0 Å². The number of likely N-dealkylation sites (tertiary alicyclic amines) is 1. The topological polar surface area (TPSA) is 165 Å². The number of esters is 1. The summed E-state index contributed by atoms with van der Waals surface area (Å²) < 4.78 is 6.23. The molecule has 4 aromatic rings. The second-order valence-corrected chi connectivity index (χ2v) is 12.6. The molecule has 2 fully saturated rings. The first-order valence-corrected chi connectivity index (χ1v) is 16.2. The Labute approximate surface area is 281 Å². The van der Waals surface area contributed by atoms with Crippen LogP contribution in [0.3, 0.4) is 0 Å². The molecule has 0 radical (unpaired) electrons. The molecule has 2 N–H and O–H groups in total. The highest BCUT2D eigenvalue weighted by molar-refractivity contribution is 6.30. The smallest absolute Gasteiger partial charge is 0.309 e. The fourth-order valence-corrected chi connectivity index (χ4v) is 6.19. The average Bonchev–Trinajstić information content (AvgIpc) is 3.81. The summed E-state index contributed by atoms with van der Waals surface area (Å²) in [6, 6.07) is 13.3. The van der Waals surface area contributed by atoms with E-state index in [0.717, 1.165) is 37.8 Å². The predicted octanol–water partition coefficient (Wildman–Crippen LogP) is 3.69. The van der Waals surface area contributed by atoms with Crippen molar-refractivity contribution in [1.29, 1.82) is 0 Å². The third-order valence-corrected chi connectivity index (χ3v) is 8.90. The third kappa shape index (κ3) is 8.03. The van der Waals surface area contributed by atoms with Gasteiger partial charge in [0.25, 0.3) is 5.56 Å². The Kier molecular flexibility index (Phi) is 10.0. The lowest BCUT2D eigenvalue weighted by Crippen LogP contribution is -2.42. The van der Waals surface area contributed by atoms with Crippen molar-refractivity contribution in [3.63, 3.8) is 0 Å². The number of hydrogen-bond acceptors (Lipinski definition) is 9. The molecule has 2 aromatic heterocycles. The number of hydrogen-bond donors (Lipinski definition) is 2. The Bertz CT molecular complexity index is 1870. The summed E-state index contributed by atoms with van der Waals surface area (Å²) in [5, 5.41) is 21.9. The molecule has 14 heteroatoms. The van der Waals surface area contributed by atoms with Crippen LogP contribution in [0.5, 0.6) is 0 Å². The number of ether oxygens (including phenoxy) is 1. The summed E-state index contributed by atoms with van der Waals surface area (Å²) in [5.41, 5.74) is 3.11. The van der Waals surface area contributed by atoms with Crippen molar-refractivity contribution in [2.24, 2.45) is 11.8 Å². The molecule has 13 nitrogen and oxygen atoms in total. The van der Waals surface area contributed by atoms with Crippen molar-refractivity contribution in [3.8, 4) is 16.8 Å². The first kappa shape index (κ1) is 32.8. The molecule has 248 valence electrons. The molecule has 2 amide bonds. The monoisotopic (exact) mass is 670 g/mol. The first-order valence-electron chi connectivity index (χ1n) is 15.8. The Hall–Kier alpha value is -5.17. The molecule has 0 spiro atoms. The number of amides is 2. The molecule has 1 saturated heterocycles. The minimum absolute atomic E-state index is 0.115. The number of aromatic nitrogens is 6. The number of halogens is 1. The van der Waals surface area contributed by atoms with Crippen LogP contribution in [0.15, 0.2) is 65.7 Å². The molecule has 0 bridgehead atoms. The summed E-state index contributed by atoms with van der Waals surface area (Å²) in [6.45, 7) is 1.34. The van der Waals surface area contributed by atoms with E-state index in [9.17, 15) is 19.2 Å². The highest BCUT2D eigenvalue weighted by Crippen LogP contribution is 2.34. The van der Waals surface area contributed by atoms with E-state index in [-0.39, 0.29) is 41.6 Å². The van der Waals surface area contributed by atoms with Gasteiger partial charge in [-0.05, 0) is 89.9 Å².